The van der Waals surface area contributed by atoms with Crippen LogP contribution in [0.15, 0.2) is 36.5 Å². The Kier molecular flexibility index (Phi) is 6.10. The maximum atomic E-state index is 11.3. The van der Waals surface area contributed by atoms with Crippen molar-refractivity contribution in [2.45, 2.75) is 12.8 Å². The summed E-state index contributed by atoms with van der Waals surface area (Å²) in [5.41, 5.74) is 0.313. The summed E-state index contributed by atoms with van der Waals surface area (Å²) in [6.45, 7) is 1.68. The van der Waals surface area contributed by atoms with E-state index in [0.29, 0.717) is 11.5 Å². The summed E-state index contributed by atoms with van der Waals surface area (Å²) in [5, 5.41) is 16.8. The van der Waals surface area contributed by atoms with E-state index in [4.69, 9.17) is 0 Å². The lowest BCUT2D eigenvalue weighted by Gasteiger charge is -2.07. The number of rotatable bonds is 8. The van der Waals surface area contributed by atoms with Crippen LogP contribution in [0.25, 0.3) is 0 Å². The lowest BCUT2D eigenvalue weighted by Crippen LogP contribution is -2.19. The number of hydrogen-bond donors (Lipinski definition) is 3. The Hall–Kier alpha value is -2.70. The molecule has 2 aromatic rings. The van der Waals surface area contributed by atoms with Crippen LogP contribution in [0.2, 0.25) is 0 Å². The van der Waals surface area contributed by atoms with Crippen molar-refractivity contribution in [3.05, 3.63) is 42.2 Å². The number of hydrogen-bond acceptors (Lipinski definition) is 6. The molecule has 22 heavy (non-hydrogen) atoms. The third kappa shape index (κ3) is 5.01. The second-order valence-corrected chi connectivity index (χ2v) is 4.66. The molecule has 0 aromatic carbocycles. The van der Waals surface area contributed by atoms with Crippen molar-refractivity contribution in [2.75, 3.05) is 30.8 Å². The molecular formula is C15H20N6O. The molecule has 0 atom stereocenters. The Morgan fingerprint density at radius 1 is 1.00 bits per heavy atom. The van der Waals surface area contributed by atoms with Gasteiger partial charge < -0.3 is 16.0 Å². The maximum absolute atomic E-state index is 11.3. The van der Waals surface area contributed by atoms with Crippen LogP contribution in [0, 0.1) is 0 Å². The quantitative estimate of drug-likeness (QED) is 0.640. The number of amides is 1. The molecule has 7 heteroatoms. The molecule has 0 aliphatic heterocycles. The summed E-state index contributed by atoms with van der Waals surface area (Å²) in [7, 11) is 1.56. The zero-order valence-corrected chi connectivity index (χ0v) is 12.5. The van der Waals surface area contributed by atoms with Gasteiger partial charge in [-0.05, 0) is 37.1 Å². The van der Waals surface area contributed by atoms with Gasteiger partial charge in [-0.25, -0.2) is 4.98 Å². The standard InChI is InChI=1S/C15H20N6O/c1-16-15(22)12-7-8-14(21-20-12)19-11-5-4-10-18-13-6-2-3-9-17-13/h2-3,6-9H,4-5,10-11H2,1H3,(H,16,22)(H,17,18)(H,19,21). The number of nitrogens with zero attached hydrogens (tertiary/aromatic N) is 3. The Morgan fingerprint density at radius 3 is 2.36 bits per heavy atom. The van der Waals surface area contributed by atoms with E-state index in [9.17, 15) is 4.79 Å². The van der Waals surface area contributed by atoms with Crippen LogP contribution in [-0.4, -0.2) is 41.2 Å². The van der Waals surface area contributed by atoms with E-state index in [2.05, 4.69) is 31.1 Å². The van der Waals surface area contributed by atoms with Crippen molar-refractivity contribution in [1.82, 2.24) is 20.5 Å². The fourth-order valence-electron chi connectivity index (χ4n) is 1.83. The highest BCUT2D eigenvalue weighted by molar-refractivity contribution is 5.91. The van der Waals surface area contributed by atoms with Crippen LogP contribution in [0.4, 0.5) is 11.6 Å². The summed E-state index contributed by atoms with van der Waals surface area (Å²) in [6, 6.07) is 9.20. The van der Waals surface area contributed by atoms with Gasteiger partial charge in [-0.3, -0.25) is 4.79 Å². The lowest BCUT2D eigenvalue weighted by molar-refractivity contribution is 0.0957. The average molecular weight is 300 g/mol. The van der Waals surface area contributed by atoms with Gasteiger partial charge in [-0.1, -0.05) is 6.07 Å². The number of nitrogens with one attached hydrogen (secondary N) is 3. The van der Waals surface area contributed by atoms with Crippen molar-refractivity contribution in [2.24, 2.45) is 0 Å². The highest BCUT2D eigenvalue weighted by atomic mass is 16.1. The van der Waals surface area contributed by atoms with Crippen molar-refractivity contribution in [1.29, 1.82) is 0 Å². The SMILES string of the molecule is CNC(=O)c1ccc(NCCCCNc2ccccn2)nn1. The third-order valence-corrected chi connectivity index (χ3v) is 3.00. The number of anilines is 2. The van der Waals surface area contributed by atoms with Gasteiger partial charge in [0.15, 0.2) is 5.69 Å². The minimum absolute atomic E-state index is 0.236. The Morgan fingerprint density at radius 2 is 1.77 bits per heavy atom. The van der Waals surface area contributed by atoms with Crippen molar-refractivity contribution >= 4 is 17.5 Å². The average Bonchev–Trinajstić information content (AvgIpc) is 2.58. The van der Waals surface area contributed by atoms with E-state index < -0.39 is 0 Å². The van der Waals surface area contributed by atoms with Crippen LogP contribution >= 0.6 is 0 Å². The molecule has 0 saturated carbocycles. The van der Waals surface area contributed by atoms with Gasteiger partial charge in [0.1, 0.15) is 11.6 Å². The summed E-state index contributed by atoms with van der Waals surface area (Å²) < 4.78 is 0. The van der Waals surface area contributed by atoms with Crippen LogP contribution in [-0.2, 0) is 0 Å². The molecule has 0 unspecified atom stereocenters. The number of unbranched alkanes of at least 4 members (excludes halogenated alkanes) is 1. The largest absolute Gasteiger partial charge is 0.370 e. The van der Waals surface area contributed by atoms with Gasteiger partial charge >= 0.3 is 0 Å². The van der Waals surface area contributed by atoms with Gasteiger partial charge in [0.25, 0.3) is 5.91 Å². The van der Waals surface area contributed by atoms with E-state index >= 15 is 0 Å². The van der Waals surface area contributed by atoms with Crippen molar-refractivity contribution in [3.8, 4) is 0 Å². The second kappa shape index (κ2) is 8.56. The summed E-state index contributed by atoms with van der Waals surface area (Å²) in [5.74, 6) is 1.33. The summed E-state index contributed by atoms with van der Waals surface area (Å²) in [6.07, 6.45) is 3.79. The Balaban J connectivity index is 1.61. The van der Waals surface area contributed by atoms with E-state index in [-0.39, 0.29) is 5.91 Å². The van der Waals surface area contributed by atoms with Crippen molar-refractivity contribution in [3.63, 3.8) is 0 Å². The fraction of sp³-hybridized carbons (Fsp3) is 0.333. The lowest BCUT2D eigenvalue weighted by atomic mass is 10.3. The molecule has 0 aliphatic carbocycles. The van der Waals surface area contributed by atoms with Gasteiger partial charge in [0.05, 0.1) is 0 Å². The fourth-order valence-corrected chi connectivity index (χ4v) is 1.83. The first-order valence-corrected chi connectivity index (χ1v) is 7.24. The highest BCUT2D eigenvalue weighted by Crippen LogP contribution is 2.03. The first-order chi connectivity index (χ1) is 10.8. The maximum Gasteiger partial charge on any atom is 0.271 e. The zero-order valence-electron chi connectivity index (χ0n) is 12.5. The molecule has 2 heterocycles. The predicted octanol–water partition coefficient (Wildman–Crippen LogP) is 1.54. The van der Waals surface area contributed by atoms with E-state index in [1.165, 1.54) is 0 Å². The minimum Gasteiger partial charge on any atom is -0.370 e. The molecule has 0 saturated heterocycles. The van der Waals surface area contributed by atoms with Crippen LogP contribution in [0.1, 0.15) is 23.3 Å². The topological polar surface area (TPSA) is 91.8 Å². The molecule has 7 nitrogen and oxygen atoms in total. The van der Waals surface area contributed by atoms with Crippen LogP contribution < -0.4 is 16.0 Å². The molecule has 0 fully saturated rings. The van der Waals surface area contributed by atoms with Gasteiger partial charge in [-0.2, -0.15) is 0 Å². The molecule has 2 aromatic heterocycles. The molecule has 116 valence electrons. The number of aromatic nitrogens is 3. The van der Waals surface area contributed by atoms with Crippen LogP contribution in [0.5, 0.6) is 0 Å². The second-order valence-electron chi connectivity index (χ2n) is 4.66. The van der Waals surface area contributed by atoms with E-state index in [1.54, 1.807) is 25.4 Å². The van der Waals surface area contributed by atoms with Crippen molar-refractivity contribution < 1.29 is 4.79 Å². The number of carbonyl (C=O) groups is 1. The minimum atomic E-state index is -0.236. The third-order valence-electron chi connectivity index (χ3n) is 3.00. The Labute approximate surface area is 129 Å². The summed E-state index contributed by atoms with van der Waals surface area (Å²) in [4.78, 5) is 15.5. The monoisotopic (exact) mass is 300 g/mol. The number of pyridine rings is 1. The van der Waals surface area contributed by atoms with Gasteiger partial charge in [0.2, 0.25) is 0 Å². The molecule has 0 aliphatic rings. The van der Waals surface area contributed by atoms with Gasteiger partial charge in [0, 0.05) is 26.3 Å². The molecule has 1 amide bonds. The molecule has 0 radical (unpaired) electrons. The van der Waals surface area contributed by atoms with Gasteiger partial charge in [-0.15, -0.1) is 10.2 Å². The first kappa shape index (κ1) is 15.7. The number of carbonyl (C=O) groups excluding carboxylic acids is 1. The summed E-state index contributed by atoms with van der Waals surface area (Å²) >= 11 is 0. The van der Waals surface area contributed by atoms with Crippen LogP contribution in [0.3, 0.4) is 0 Å². The normalized spacial score (nSPS) is 10.0. The molecular weight excluding hydrogens is 280 g/mol. The first-order valence-electron chi connectivity index (χ1n) is 7.24. The Bertz CT molecular complexity index is 572. The highest BCUT2D eigenvalue weighted by Gasteiger charge is 2.04. The molecule has 0 bridgehead atoms. The van der Waals surface area contributed by atoms with E-state index in [0.717, 1.165) is 31.7 Å². The molecule has 2 rings (SSSR count). The molecule has 0 spiro atoms. The molecule has 3 N–H and O–H groups in total. The van der Waals surface area contributed by atoms with E-state index in [1.807, 2.05) is 18.2 Å². The zero-order chi connectivity index (χ0) is 15.6. The predicted molar refractivity (Wildman–Crippen MR) is 85.9 cm³/mol. The smallest absolute Gasteiger partial charge is 0.271 e.